The van der Waals surface area contributed by atoms with Crippen molar-refractivity contribution in [2.75, 3.05) is 5.32 Å². The fraction of sp³-hybridized carbons (Fsp3) is 0.211. The topological polar surface area (TPSA) is 120 Å². The summed E-state index contributed by atoms with van der Waals surface area (Å²) in [4.78, 5) is 17.7. The molecule has 0 spiro atoms. The van der Waals surface area contributed by atoms with E-state index in [1.807, 2.05) is 6.92 Å². The molecule has 0 aliphatic carbocycles. The van der Waals surface area contributed by atoms with E-state index < -0.39 is 16.3 Å². The van der Waals surface area contributed by atoms with Crippen LogP contribution in [0.15, 0.2) is 56.7 Å². The summed E-state index contributed by atoms with van der Waals surface area (Å²) in [5.41, 5.74) is 0.607. The molecule has 0 saturated heterocycles. The summed E-state index contributed by atoms with van der Waals surface area (Å²) in [6.07, 6.45) is 3.18. The van der Waals surface area contributed by atoms with E-state index in [0.717, 1.165) is 12.8 Å². The Balaban J connectivity index is 1.97. The Kier molecular flexibility index (Phi) is 4.58. The standard InChI is InChI=1S/C19H20N4O4S/c1-2-3-11-23-13-8-6-10-20-16(13)17(24)15(19(23)25)18-21-12-7-4-5-9-14(12)28(26,27)22-18/h4-10,24,26-27H,2-3,11H2,1H3,(H,21,22). The summed E-state index contributed by atoms with van der Waals surface area (Å²) in [7, 11) is -3.51. The van der Waals surface area contributed by atoms with E-state index in [0.29, 0.717) is 17.7 Å². The third-order valence-corrected chi connectivity index (χ3v) is 6.01. The third-order valence-electron chi connectivity index (χ3n) is 4.62. The van der Waals surface area contributed by atoms with E-state index in [2.05, 4.69) is 14.7 Å². The Labute approximate surface area is 162 Å². The number of benzene rings is 1. The van der Waals surface area contributed by atoms with Gasteiger partial charge in [0.15, 0.2) is 11.6 Å². The van der Waals surface area contributed by atoms with Crippen LogP contribution in [-0.4, -0.2) is 29.6 Å². The monoisotopic (exact) mass is 400 g/mol. The van der Waals surface area contributed by atoms with Gasteiger partial charge in [-0.1, -0.05) is 36.3 Å². The molecule has 0 saturated carbocycles. The molecule has 2 aromatic heterocycles. The number of aryl methyl sites for hydroxylation is 1. The SMILES string of the molecule is CCCCn1c(=O)c(C2=NS(O)(O)c3ccccc3N2)c(O)c2ncccc21. The highest BCUT2D eigenvalue weighted by Crippen LogP contribution is 2.55. The maximum Gasteiger partial charge on any atom is 0.266 e. The van der Waals surface area contributed by atoms with Crippen LogP contribution in [0.25, 0.3) is 11.0 Å². The molecule has 0 fully saturated rings. The number of hydrogen-bond donors (Lipinski definition) is 4. The number of amidine groups is 1. The van der Waals surface area contributed by atoms with Gasteiger partial charge in [0.1, 0.15) is 16.0 Å². The lowest BCUT2D eigenvalue weighted by Crippen LogP contribution is -2.32. The highest BCUT2D eigenvalue weighted by atomic mass is 32.3. The number of unbranched alkanes of at least 4 members (excludes halogenated alkanes) is 1. The maximum absolute atomic E-state index is 13.2. The van der Waals surface area contributed by atoms with E-state index in [-0.39, 0.29) is 27.6 Å². The maximum atomic E-state index is 13.2. The molecular formula is C19H20N4O4S. The first-order valence-corrected chi connectivity index (χ1v) is 10.4. The fourth-order valence-corrected chi connectivity index (χ4v) is 4.42. The third kappa shape index (κ3) is 2.93. The van der Waals surface area contributed by atoms with Crippen molar-refractivity contribution >= 4 is 33.3 Å². The van der Waals surface area contributed by atoms with E-state index in [1.165, 1.54) is 10.8 Å². The molecule has 0 bridgehead atoms. The second-order valence-electron chi connectivity index (χ2n) is 6.48. The van der Waals surface area contributed by atoms with Crippen LogP contribution in [0.5, 0.6) is 5.75 Å². The van der Waals surface area contributed by atoms with Gasteiger partial charge < -0.3 is 15.0 Å². The van der Waals surface area contributed by atoms with Crippen molar-refractivity contribution < 1.29 is 14.2 Å². The van der Waals surface area contributed by atoms with Gasteiger partial charge in [-0.2, -0.15) is 0 Å². The number of para-hydroxylation sites is 1. The quantitative estimate of drug-likeness (QED) is 0.529. The first-order valence-electron chi connectivity index (χ1n) is 8.89. The molecular weight excluding hydrogens is 380 g/mol. The average molecular weight is 400 g/mol. The molecule has 8 nitrogen and oxygen atoms in total. The van der Waals surface area contributed by atoms with Gasteiger partial charge in [0, 0.05) is 12.7 Å². The molecule has 4 N–H and O–H groups in total. The van der Waals surface area contributed by atoms with Crippen molar-refractivity contribution in [1.82, 2.24) is 9.55 Å². The van der Waals surface area contributed by atoms with Gasteiger partial charge in [-0.3, -0.25) is 18.9 Å². The van der Waals surface area contributed by atoms with Crippen molar-refractivity contribution in [1.29, 1.82) is 0 Å². The van der Waals surface area contributed by atoms with Gasteiger partial charge in [-0.15, -0.1) is 4.40 Å². The zero-order chi connectivity index (χ0) is 19.9. The second kappa shape index (κ2) is 6.93. The fourth-order valence-electron chi connectivity index (χ4n) is 3.26. The van der Waals surface area contributed by atoms with Crippen LogP contribution in [0.2, 0.25) is 0 Å². The lowest BCUT2D eigenvalue weighted by atomic mass is 10.1. The molecule has 3 heterocycles. The molecule has 1 aromatic carbocycles. The molecule has 0 radical (unpaired) electrons. The summed E-state index contributed by atoms with van der Waals surface area (Å²) < 4.78 is 26.5. The normalized spacial score (nSPS) is 16.2. The molecule has 3 aromatic rings. The van der Waals surface area contributed by atoms with E-state index in [9.17, 15) is 19.0 Å². The average Bonchev–Trinajstić information content (AvgIpc) is 2.68. The van der Waals surface area contributed by atoms with Crippen LogP contribution in [0.1, 0.15) is 25.3 Å². The molecule has 28 heavy (non-hydrogen) atoms. The summed E-state index contributed by atoms with van der Waals surface area (Å²) in [6, 6.07) is 10.0. The molecule has 9 heteroatoms. The van der Waals surface area contributed by atoms with Gasteiger partial charge in [0.05, 0.1) is 11.2 Å². The summed E-state index contributed by atoms with van der Waals surface area (Å²) in [5, 5.41) is 13.7. The van der Waals surface area contributed by atoms with Crippen molar-refractivity contribution in [2.24, 2.45) is 4.40 Å². The van der Waals surface area contributed by atoms with Crippen molar-refractivity contribution in [3.63, 3.8) is 0 Å². The smallest absolute Gasteiger partial charge is 0.266 e. The summed E-state index contributed by atoms with van der Waals surface area (Å²) in [5.74, 6) is -0.423. The lowest BCUT2D eigenvalue weighted by Gasteiger charge is -2.34. The summed E-state index contributed by atoms with van der Waals surface area (Å²) >= 11 is 0. The van der Waals surface area contributed by atoms with Crippen molar-refractivity contribution in [3.8, 4) is 5.75 Å². The van der Waals surface area contributed by atoms with Gasteiger partial charge in [0.25, 0.3) is 5.56 Å². The van der Waals surface area contributed by atoms with Gasteiger partial charge in [-0.25, -0.2) is 0 Å². The Morgan fingerprint density at radius 2 is 1.96 bits per heavy atom. The first kappa shape index (κ1) is 18.5. The highest BCUT2D eigenvalue weighted by molar-refractivity contribution is 8.23. The molecule has 146 valence electrons. The predicted octanol–water partition coefficient (Wildman–Crippen LogP) is 3.80. The Bertz CT molecular complexity index is 1160. The van der Waals surface area contributed by atoms with Crippen molar-refractivity contribution in [2.45, 2.75) is 31.2 Å². The zero-order valence-corrected chi connectivity index (χ0v) is 16.0. The van der Waals surface area contributed by atoms with Gasteiger partial charge in [0.2, 0.25) is 0 Å². The van der Waals surface area contributed by atoms with E-state index in [4.69, 9.17) is 0 Å². The van der Waals surface area contributed by atoms with Crippen LogP contribution in [-0.2, 0) is 6.54 Å². The minimum atomic E-state index is -3.51. The van der Waals surface area contributed by atoms with Crippen molar-refractivity contribution in [3.05, 3.63) is 58.5 Å². The Morgan fingerprint density at radius 3 is 2.75 bits per heavy atom. The van der Waals surface area contributed by atoms with Crippen LogP contribution >= 0.6 is 10.8 Å². The largest absolute Gasteiger partial charge is 0.505 e. The van der Waals surface area contributed by atoms with Crippen LogP contribution in [0.4, 0.5) is 5.69 Å². The number of anilines is 1. The molecule has 1 aliphatic rings. The molecule has 4 rings (SSSR count). The van der Waals surface area contributed by atoms with Crippen LogP contribution in [0.3, 0.4) is 0 Å². The van der Waals surface area contributed by atoms with Crippen LogP contribution in [0, 0.1) is 0 Å². The number of hydrogen-bond acceptors (Lipinski definition) is 7. The van der Waals surface area contributed by atoms with E-state index >= 15 is 0 Å². The molecule has 1 aliphatic heterocycles. The highest BCUT2D eigenvalue weighted by Gasteiger charge is 2.30. The Hall–Kier alpha value is -2.88. The number of pyridine rings is 2. The van der Waals surface area contributed by atoms with E-state index in [1.54, 1.807) is 36.4 Å². The number of nitrogens with zero attached hydrogens (tertiary/aromatic N) is 3. The Morgan fingerprint density at radius 1 is 1.18 bits per heavy atom. The number of aromatic nitrogens is 2. The number of aromatic hydroxyl groups is 1. The summed E-state index contributed by atoms with van der Waals surface area (Å²) in [6.45, 7) is 2.47. The lowest BCUT2D eigenvalue weighted by molar-refractivity contribution is 0.475. The molecule has 0 atom stereocenters. The van der Waals surface area contributed by atoms with Gasteiger partial charge in [-0.05, 0) is 30.7 Å². The van der Waals surface area contributed by atoms with Gasteiger partial charge >= 0.3 is 0 Å². The number of rotatable bonds is 4. The molecule has 0 amide bonds. The number of fused-ring (bicyclic) bond motifs is 2. The number of nitrogens with one attached hydrogen (secondary N) is 1. The first-order chi connectivity index (χ1) is 13.4. The molecule has 0 unspecified atom stereocenters. The minimum absolute atomic E-state index is 0.0843. The van der Waals surface area contributed by atoms with Crippen LogP contribution < -0.4 is 10.9 Å². The zero-order valence-electron chi connectivity index (χ0n) is 15.2. The predicted molar refractivity (Wildman–Crippen MR) is 110 cm³/mol. The second-order valence-corrected chi connectivity index (χ2v) is 8.14. The minimum Gasteiger partial charge on any atom is -0.505 e.